The molecule has 0 aliphatic rings. The van der Waals surface area contributed by atoms with Crippen LogP contribution in [0, 0.1) is 0 Å². The van der Waals surface area contributed by atoms with Gasteiger partial charge >= 0.3 is 0 Å². The largest absolute Gasteiger partial charge is 0.361 e. The van der Waals surface area contributed by atoms with E-state index in [1.165, 1.54) is 22.9 Å². The smallest absolute Gasteiger partial charge is 0.0456 e. The van der Waals surface area contributed by atoms with Gasteiger partial charge in [-0.25, -0.2) is 0 Å². The SMILES string of the molecule is CC.CCC(C)c1c[nH]c2ccccc12.CCCN. The van der Waals surface area contributed by atoms with Gasteiger partial charge in [0.25, 0.3) is 0 Å². The number of fused-ring (bicyclic) bond motifs is 1. The first-order valence-corrected chi connectivity index (χ1v) is 7.50. The monoisotopic (exact) mass is 262 g/mol. The van der Waals surface area contributed by atoms with Gasteiger partial charge in [-0.1, -0.05) is 52.8 Å². The van der Waals surface area contributed by atoms with Crippen LogP contribution in [-0.2, 0) is 0 Å². The van der Waals surface area contributed by atoms with Crippen molar-refractivity contribution in [2.45, 2.75) is 53.4 Å². The standard InChI is InChI=1S/C12H15N.C3H9N.C2H6/c1-3-9(2)11-8-13-12-7-5-4-6-10(11)12;1-2-3-4;1-2/h4-9,13H,3H2,1-2H3;2-4H2,1H3;1-2H3. The number of para-hydroxylation sites is 1. The van der Waals surface area contributed by atoms with Gasteiger partial charge in [0.15, 0.2) is 0 Å². The number of benzene rings is 1. The van der Waals surface area contributed by atoms with Crippen LogP contribution in [0.25, 0.3) is 10.9 Å². The fourth-order valence-corrected chi connectivity index (χ4v) is 1.72. The molecule has 1 unspecified atom stereocenters. The number of rotatable bonds is 3. The van der Waals surface area contributed by atoms with Crippen molar-refractivity contribution in [3.63, 3.8) is 0 Å². The Labute approximate surface area is 118 Å². The molecule has 2 heteroatoms. The number of nitrogens with one attached hydrogen (secondary N) is 1. The van der Waals surface area contributed by atoms with Gasteiger partial charge in [-0.05, 0) is 36.9 Å². The Balaban J connectivity index is 0.000000467. The van der Waals surface area contributed by atoms with Crippen molar-refractivity contribution in [3.05, 3.63) is 36.0 Å². The summed E-state index contributed by atoms with van der Waals surface area (Å²) in [5, 5.41) is 1.37. The van der Waals surface area contributed by atoms with Crippen LogP contribution in [0.15, 0.2) is 30.5 Å². The number of aromatic nitrogens is 1. The van der Waals surface area contributed by atoms with Crippen LogP contribution in [0.5, 0.6) is 0 Å². The topological polar surface area (TPSA) is 41.8 Å². The molecule has 1 heterocycles. The van der Waals surface area contributed by atoms with Crippen molar-refractivity contribution < 1.29 is 0 Å². The van der Waals surface area contributed by atoms with E-state index in [0.717, 1.165) is 13.0 Å². The van der Waals surface area contributed by atoms with Crippen LogP contribution in [0.1, 0.15) is 58.9 Å². The van der Waals surface area contributed by atoms with Gasteiger partial charge in [-0.3, -0.25) is 0 Å². The molecule has 2 aromatic rings. The van der Waals surface area contributed by atoms with Crippen LogP contribution < -0.4 is 5.73 Å². The Hall–Kier alpha value is -1.28. The summed E-state index contributed by atoms with van der Waals surface area (Å²) in [4.78, 5) is 3.30. The first-order chi connectivity index (χ1) is 9.24. The second-order valence-electron chi connectivity index (χ2n) is 4.39. The van der Waals surface area contributed by atoms with Gasteiger partial charge in [0, 0.05) is 17.1 Å². The average molecular weight is 262 g/mol. The number of H-pyrrole nitrogens is 1. The van der Waals surface area contributed by atoms with Gasteiger partial charge in [-0.2, -0.15) is 0 Å². The molecule has 0 aliphatic carbocycles. The highest BCUT2D eigenvalue weighted by Crippen LogP contribution is 2.26. The highest BCUT2D eigenvalue weighted by atomic mass is 14.7. The van der Waals surface area contributed by atoms with Crippen molar-refractivity contribution in [2.75, 3.05) is 6.54 Å². The molecule has 0 bridgehead atoms. The van der Waals surface area contributed by atoms with E-state index in [2.05, 4.69) is 56.2 Å². The molecule has 3 N–H and O–H groups in total. The lowest BCUT2D eigenvalue weighted by molar-refractivity contribution is 0.739. The molecular formula is C17H30N2. The summed E-state index contributed by atoms with van der Waals surface area (Å²) >= 11 is 0. The highest BCUT2D eigenvalue weighted by Gasteiger charge is 2.07. The summed E-state index contributed by atoms with van der Waals surface area (Å²) in [5.74, 6) is 0.649. The quantitative estimate of drug-likeness (QED) is 0.797. The minimum atomic E-state index is 0.649. The molecule has 19 heavy (non-hydrogen) atoms. The van der Waals surface area contributed by atoms with E-state index in [0.29, 0.717) is 5.92 Å². The molecule has 1 aromatic carbocycles. The summed E-state index contributed by atoms with van der Waals surface area (Å²) in [6.45, 7) is 11.4. The van der Waals surface area contributed by atoms with E-state index in [1.807, 2.05) is 13.8 Å². The molecule has 0 amide bonds. The predicted octanol–water partition coefficient (Wildman–Crippen LogP) is 5.06. The van der Waals surface area contributed by atoms with Crippen molar-refractivity contribution in [1.82, 2.24) is 4.98 Å². The van der Waals surface area contributed by atoms with Gasteiger partial charge < -0.3 is 10.7 Å². The van der Waals surface area contributed by atoms with Crippen LogP contribution in [0.4, 0.5) is 0 Å². The zero-order valence-electron chi connectivity index (χ0n) is 13.2. The lowest BCUT2D eigenvalue weighted by atomic mass is 9.98. The zero-order valence-corrected chi connectivity index (χ0v) is 13.2. The van der Waals surface area contributed by atoms with Crippen molar-refractivity contribution in [2.24, 2.45) is 5.73 Å². The lowest BCUT2D eigenvalue weighted by Crippen LogP contribution is -1.93. The first kappa shape index (κ1) is 17.7. The van der Waals surface area contributed by atoms with Crippen molar-refractivity contribution >= 4 is 10.9 Å². The number of hydrogen-bond acceptors (Lipinski definition) is 1. The Morgan fingerprint density at radius 3 is 2.26 bits per heavy atom. The van der Waals surface area contributed by atoms with Crippen LogP contribution in [0.2, 0.25) is 0 Å². The zero-order chi connectivity index (χ0) is 14.7. The fourth-order valence-electron chi connectivity index (χ4n) is 1.72. The predicted molar refractivity (Wildman–Crippen MR) is 87.7 cm³/mol. The summed E-state index contributed by atoms with van der Waals surface area (Å²) in [7, 11) is 0. The molecule has 0 saturated heterocycles. The maximum atomic E-state index is 5.03. The summed E-state index contributed by atoms with van der Waals surface area (Å²) in [5.41, 5.74) is 7.72. The van der Waals surface area contributed by atoms with Gasteiger partial charge in [-0.15, -0.1) is 0 Å². The Morgan fingerprint density at radius 2 is 1.74 bits per heavy atom. The fraction of sp³-hybridized carbons (Fsp3) is 0.529. The highest BCUT2D eigenvalue weighted by molar-refractivity contribution is 5.83. The van der Waals surface area contributed by atoms with Gasteiger partial charge in [0.2, 0.25) is 0 Å². The Morgan fingerprint density at radius 1 is 1.16 bits per heavy atom. The van der Waals surface area contributed by atoms with Gasteiger partial charge in [0.05, 0.1) is 0 Å². The van der Waals surface area contributed by atoms with E-state index >= 15 is 0 Å². The maximum absolute atomic E-state index is 5.03. The van der Waals surface area contributed by atoms with Crippen LogP contribution >= 0.6 is 0 Å². The molecule has 0 fully saturated rings. The molecule has 0 aliphatic heterocycles. The molecule has 2 nitrogen and oxygen atoms in total. The molecule has 0 radical (unpaired) electrons. The van der Waals surface area contributed by atoms with Gasteiger partial charge in [0.1, 0.15) is 0 Å². The van der Waals surface area contributed by atoms with E-state index in [9.17, 15) is 0 Å². The average Bonchev–Trinajstić information content (AvgIpc) is 2.93. The minimum absolute atomic E-state index is 0.649. The molecule has 1 atom stereocenters. The van der Waals surface area contributed by atoms with E-state index in [4.69, 9.17) is 5.73 Å². The van der Waals surface area contributed by atoms with E-state index < -0.39 is 0 Å². The normalized spacial score (nSPS) is 11.1. The number of nitrogens with two attached hydrogens (primary N) is 1. The third-order valence-corrected chi connectivity index (χ3v) is 3.05. The number of hydrogen-bond donors (Lipinski definition) is 2. The Kier molecular flexibility index (Phi) is 9.91. The third kappa shape index (κ3) is 5.48. The molecule has 1 aromatic heterocycles. The summed E-state index contributed by atoms with van der Waals surface area (Å²) in [6.07, 6.45) is 4.43. The molecule has 108 valence electrons. The maximum Gasteiger partial charge on any atom is 0.0456 e. The van der Waals surface area contributed by atoms with Crippen LogP contribution in [-0.4, -0.2) is 11.5 Å². The molecule has 0 spiro atoms. The van der Waals surface area contributed by atoms with E-state index in [-0.39, 0.29) is 0 Å². The van der Waals surface area contributed by atoms with Crippen molar-refractivity contribution in [1.29, 1.82) is 0 Å². The molecular weight excluding hydrogens is 232 g/mol. The van der Waals surface area contributed by atoms with Crippen LogP contribution in [0.3, 0.4) is 0 Å². The second kappa shape index (κ2) is 10.6. The molecule has 0 saturated carbocycles. The lowest BCUT2D eigenvalue weighted by Gasteiger charge is -2.05. The first-order valence-electron chi connectivity index (χ1n) is 7.50. The summed E-state index contributed by atoms with van der Waals surface area (Å²) in [6, 6.07) is 8.48. The third-order valence-electron chi connectivity index (χ3n) is 3.05. The number of aromatic amines is 1. The van der Waals surface area contributed by atoms with E-state index in [1.54, 1.807) is 0 Å². The molecule has 2 rings (SSSR count). The van der Waals surface area contributed by atoms with Crippen molar-refractivity contribution in [3.8, 4) is 0 Å². The second-order valence-corrected chi connectivity index (χ2v) is 4.39. The minimum Gasteiger partial charge on any atom is -0.361 e. The summed E-state index contributed by atoms with van der Waals surface area (Å²) < 4.78 is 0. The Bertz CT molecular complexity index is 430.